The van der Waals surface area contributed by atoms with E-state index in [0.717, 1.165) is 42.1 Å². The van der Waals surface area contributed by atoms with Gasteiger partial charge in [-0.1, -0.05) is 6.07 Å². The van der Waals surface area contributed by atoms with Gasteiger partial charge in [-0.25, -0.2) is 4.98 Å². The fourth-order valence-electron chi connectivity index (χ4n) is 4.96. The van der Waals surface area contributed by atoms with Crippen LogP contribution in [-0.4, -0.2) is 39.6 Å². The highest BCUT2D eigenvalue weighted by Crippen LogP contribution is 2.31. The Bertz CT molecular complexity index is 1100. The second kappa shape index (κ2) is 9.33. The third kappa shape index (κ3) is 4.53. The third-order valence-electron chi connectivity index (χ3n) is 6.59. The van der Waals surface area contributed by atoms with E-state index < -0.39 is 0 Å². The molecule has 1 saturated heterocycles. The van der Waals surface area contributed by atoms with Crippen LogP contribution in [0.3, 0.4) is 0 Å². The molecule has 8 heteroatoms. The number of H-pyrrole nitrogens is 1. The first-order chi connectivity index (χ1) is 14.0. The molecule has 2 bridgehead atoms. The molecule has 31 heavy (non-hydrogen) atoms. The van der Waals surface area contributed by atoms with Crippen LogP contribution in [0, 0.1) is 19.8 Å². The summed E-state index contributed by atoms with van der Waals surface area (Å²) in [4.78, 5) is 23.5. The first-order valence-corrected chi connectivity index (χ1v) is 10.6. The number of piperidine rings is 1. The molecule has 0 aliphatic carbocycles. The summed E-state index contributed by atoms with van der Waals surface area (Å²) in [5.74, 6) is 1.99. The number of aryl methyl sites for hydroxylation is 2. The van der Waals surface area contributed by atoms with Crippen LogP contribution >= 0.6 is 24.8 Å². The average Bonchev–Trinajstić information content (AvgIpc) is 3.06. The first-order valence-electron chi connectivity index (χ1n) is 10.6. The molecule has 4 heterocycles. The number of benzene rings is 1. The molecule has 2 atom stereocenters. The topological polar surface area (TPSA) is 66.0 Å². The van der Waals surface area contributed by atoms with Crippen molar-refractivity contribution in [1.29, 1.82) is 0 Å². The molecular weight excluding hydrogens is 433 g/mol. The van der Waals surface area contributed by atoms with Crippen molar-refractivity contribution in [3.05, 3.63) is 62.8 Å². The Balaban J connectivity index is 0.00000136. The molecule has 0 unspecified atom stereocenters. The molecule has 1 fully saturated rings. The van der Waals surface area contributed by atoms with Crippen molar-refractivity contribution in [3.8, 4) is 0 Å². The van der Waals surface area contributed by atoms with E-state index in [4.69, 9.17) is 4.98 Å². The molecular formula is C23H31Cl2N5O. The van der Waals surface area contributed by atoms with Gasteiger partial charge in [0.1, 0.15) is 5.82 Å². The lowest BCUT2D eigenvalue weighted by Crippen LogP contribution is -2.45. The van der Waals surface area contributed by atoms with Gasteiger partial charge in [-0.3, -0.25) is 9.69 Å². The van der Waals surface area contributed by atoms with Crippen LogP contribution in [0.1, 0.15) is 40.5 Å². The maximum atomic E-state index is 13.1. The van der Waals surface area contributed by atoms with Crippen LogP contribution in [-0.2, 0) is 19.6 Å². The van der Waals surface area contributed by atoms with E-state index in [2.05, 4.69) is 47.2 Å². The zero-order valence-corrected chi connectivity index (χ0v) is 19.9. The van der Waals surface area contributed by atoms with Gasteiger partial charge in [-0.2, -0.15) is 0 Å². The largest absolute Gasteiger partial charge is 0.341 e. The fraction of sp³-hybridized carbons (Fsp3) is 0.478. The number of pyridine rings is 1. The average molecular weight is 464 g/mol. The van der Waals surface area contributed by atoms with E-state index in [1.54, 1.807) is 0 Å². The van der Waals surface area contributed by atoms with Crippen LogP contribution in [0.4, 0.5) is 0 Å². The Morgan fingerprint density at radius 3 is 2.71 bits per heavy atom. The summed E-state index contributed by atoms with van der Waals surface area (Å²) in [6.07, 6.45) is 1.21. The van der Waals surface area contributed by atoms with Crippen molar-refractivity contribution in [2.24, 2.45) is 5.92 Å². The summed E-state index contributed by atoms with van der Waals surface area (Å²) < 4.78 is 2.04. The number of imidazole rings is 1. The highest BCUT2D eigenvalue weighted by Gasteiger charge is 2.31. The molecule has 0 radical (unpaired) electrons. The number of hydrogen-bond donors (Lipinski definition) is 2. The highest BCUT2D eigenvalue weighted by atomic mass is 35.5. The zero-order chi connectivity index (χ0) is 20.1. The Hall–Kier alpha value is -1.86. The van der Waals surface area contributed by atoms with Crippen molar-refractivity contribution in [1.82, 2.24) is 24.8 Å². The highest BCUT2D eigenvalue weighted by molar-refractivity contribution is 5.85. The monoisotopic (exact) mass is 463 g/mol. The van der Waals surface area contributed by atoms with Crippen molar-refractivity contribution >= 4 is 35.8 Å². The van der Waals surface area contributed by atoms with Crippen molar-refractivity contribution in [2.45, 2.75) is 45.8 Å². The summed E-state index contributed by atoms with van der Waals surface area (Å²) in [6, 6.07) is 8.49. The van der Waals surface area contributed by atoms with Gasteiger partial charge in [0.25, 0.3) is 5.56 Å². The quantitative estimate of drug-likeness (QED) is 0.620. The summed E-state index contributed by atoms with van der Waals surface area (Å²) in [5, 5.41) is 3.51. The van der Waals surface area contributed by atoms with Gasteiger partial charge in [-0.15, -0.1) is 24.8 Å². The van der Waals surface area contributed by atoms with E-state index in [9.17, 15) is 4.79 Å². The summed E-state index contributed by atoms with van der Waals surface area (Å²) in [5.41, 5.74) is 6.85. The normalized spacial score (nSPS) is 19.6. The lowest BCUT2D eigenvalue weighted by Gasteiger charge is -2.37. The SMILES string of the molecule is Cc1cc2nc(CN(C)Cc3ccc4n(c3=O)C[C@@H]3CNC[C@H]4C3)[nH]c2cc1C.Cl.Cl. The van der Waals surface area contributed by atoms with Crippen LogP contribution < -0.4 is 10.9 Å². The minimum absolute atomic E-state index is 0. The number of fused-ring (bicyclic) bond motifs is 5. The molecule has 3 aromatic rings. The smallest absolute Gasteiger partial charge is 0.255 e. The Kier molecular flexibility index (Phi) is 7.16. The van der Waals surface area contributed by atoms with Gasteiger partial charge in [0.2, 0.25) is 0 Å². The number of nitrogens with one attached hydrogen (secondary N) is 2. The molecule has 2 aliphatic heterocycles. The molecule has 0 saturated carbocycles. The minimum atomic E-state index is 0. The van der Waals surface area contributed by atoms with Gasteiger partial charge in [0, 0.05) is 36.8 Å². The first kappa shape index (κ1) is 23.8. The zero-order valence-electron chi connectivity index (χ0n) is 18.3. The number of aromatic amines is 1. The van der Waals surface area contributed by atoms with E-state index in [-0.39, 0.29) is 30.4 Å². The van der Waals surface area contributed by atoms with E-state index in [0.29, 0.717) is 24.9 Å². The Morgan fingerprint density at radius 1 is 1.13 bits per heavy atom. The predicted octanol–water partition coefficient (Wildman–Crippen LogP) is 3.52. The number of rotatable bonds is 4. The molecule has 2 aromatic heterocycles. The van der Waals surface area contributed by atoms with Gasteiger partial charge in [0.15, 0.2) is 0 Å². The lowest BCUT2D eigenvalue weighted by atomic mass is 9.84. The summed E-state index contributed by atoms with van der Waals surface area (Å²) in [6.45, 7) is 8.40. The maximum Gasteiger partial charge on any atom is 0.255 e. The molecule has 0 spiro atoms. The van der Waals surface area contributed by atoms with Crippen LogP contribution in [0.5, 0.6) is 0 Å². The predicted molar refractivity (Wildman–Crippen MR) is 130 cm³/mol. The van der Waals surface area contributed by atoms with Gasteiger partial charge in [-0.05, 0) is 69.1 Å². The second-order valence-electron chi connectivity index (χ2n) is 8.97. The number of aromatic nitrogens is 3. The molecule has 2 aliphatic rings. The molecule has 0 amide bonds. The Morgan fingerprint density at radius 2 is 1.90 bits per heavy atom. The molecule has 6 nitrogen and oxygen atoms in total. The van der Waals surface area contributed by atoms with Gasteiger partial charge >= 0.3 is 0 Å². The number of hydrogen-bond acceptors (Lipinski definition) is 4. The number of nitrogens with zero attached hydrogens (tertiary/aromatic N) is 3. The number of halogens is 2. The van der Waals surface area contributed by atoms with Crippen molar-refractivity contribution in [3.63, 3.8) is 0 Å². The second-order valence-corrected chi connectivity index (χ2v) is 8.97. The van der Waals surface area contributed by atoms with Gasteiger partial charge < -0.3 is 14.9 Å². The standard InChI is InChI=1S/C23H29N5O.2ClH/c1-14-6-19-20(7-15(14)2)26-22(25-19)13-27(3)12-17-4-5-21-18-8-16(9-24-10-18)11-28(21)23(17)29;;/h4-7,16,18,24H,8-13H2,1-3H3,(H,25,26);2*1H/t16-,18+;;/m0../s1. The molecule has 5 rings (SSSR count). The van der Waals surface area contributed by atoms with Crippen LogP contribution in [0.2, 0.25) is 0 Å². The Labute approximate surface area is 195 Å². The maximum absolute atomic E-state index is 13.1. The summed E-state index contributed by atoms with van der Waals surface area (Å²) in [7, 11) is 2.05. The van der Waals surface area contributed by atoms with Crippen molar-refractivity contribution < 1.29 is 0 Å². The molecule has 2 N–H and O–H groups in total. The van der Waals surface area contributed by atoms with Crippen LogP contribution in [0.15, 0.2) is 29.1 Å². The fourth-order valence-corrected chi connectivity index (χ4v) is 4.96. The summed E-state index contributed by atoms with van der Waals surface area (Å²) >= 11 is 0. The van der Waals surface area contributed by atoms with E-state index in [1.165, 1.54) is 23.2 Å². The minimum Gasteiger partial charge on any atom is -0.341 e. The van der Waals surface area contributed by atoms with Crippen LogP contribution in [0.25, 0.3) is 11.0 Å². The van der Waals surface area contributed by atoms with Crippen molar-refractivity contribution in [2.75, 3.05) is 20.1 Å². The van der Waals surface area contributed by atoms with E-state index in [1.807, 2.05) is 17.7 Å². The molecule has 1 aromatic carbocycles. The third-order valence-corrected chi connectivity index (χ3v) is 6.59. The molecule has 168 valence electrons. The van der Waals surface area contributed by atoms with E-state index >= 15 is 0 Å². The van der Waals surface area contributed by atoms with Gasteiger partial charge in [0.05, 0.1) is 17.6 Å². The lowest BCUT2D eigenvalue weighted by molar-refractivity contribution is 0.254.